The largest absolute Gasteiger partial charge is 0.388 e. The molecule has 0 aromatic carbocycles. The molecular weight excluding hydrogens is 238 g/mol. The molecule has 1 saturated heterocycles. The van der Waals surface area contributed by atoms with Crippen LogP contribution in [0.4, 0.5) is 4.79 Å². The SMILES string of the molecule is CC(NC(N)=O)C(=O)N(C)CC1(O)CCOCC1. The Morgan fingerprint density at radius 1 is 1.50 bits per heavy atom. The fraction of sp³-hybridized carbons (Fsp3) is 0.818. The zero-order chi connectivity index (χ0) is 13.8. The van der Waals surface area contributed by atoms with E-state index in [0.717, 1.165) is 0 Å². The number of ether oxygens (including phenoxy) is 1. The van der Waals surface area contributed by atoms with Gasteiger partial charge in [-0.1, -0.05) is 0 Å². The Morgan fingerprint density at radius 2 is 2.06 bits per heavy atom. The molecule has 3 amide bonds. The number of likely N-dealkylation sites (N-methyl/N-ethyl adjacent to an activating group) is 1. The lowest BCUT2D eigenvalue weighted by molar-refractivity contribution is -0.138. The first-order chi connectivity index (χ1) is 8.34. The third-order valence-electron chi connectivity index (χ3n) is 3.06. The maximum Gasteiger partial charge on any atom is 0.312 e. The zero-order valence-electron chi connectivity index (χ0n) is 10.8. The molecular formula is C11H21N3O4. The van der Waals surface area contributed by atoms with E-state index in [1.165, 1.54) is 4.90 Å². The van der Waals surface area contributed by atoms with Crippen molar-refractivity contribution in [3.63, 3.8) is 0 Å². The van der Waals surface area contributed by atoms with E-state index < -0.39 is 17.7 Å². The molecule has 0 bridgehead atoms. The molecule has 104 valence electrons. The average molecular weight is 259 g/mol. The highest BCUT2D eigenvalue weighted by Crippen LogP contribution is 2.21. The molecule has 0 aromatic rings. The van der Waals surface area contributed by atoms with E-state index in [-0.39, 0.29) is 12.5 Å². The topological polar surface area (TPSA) is 105 Å². The summed E-state index contributed by atoms with van der Waals surface area (Å²) in [5.41, 5.74) is 4.05. The van der Waals surface area contributed by atoms with Gasteiger partial charge in [0.2, 0.25) is 5.91 Å². The highest BCUT2D eigenvalue weighted by atomic mass is 16.5. The van der Waals surface area contributed by atoms with Crippen molar-refractivity contribution < 1.29 is 19.4 Å². The first-order valence-corrected chi connectivity index (χ1v) is 5.95. The smallest absolute Gasteiger partial charge is 0.312 e. The van der Waals surface area contributed by atoms with Gasteiger partial charge in [0.1, 0.15) is 6.04 Å². The fourth-order valence-corrected chi connectivity index (χ4v) is 2.03. The summed E-state index contributed by atoms with van der Waals surface area (Å²) in [5, 5.41) is 12.6. The van der Waals surface area contributed by atoms with Crippen LogP contribution in [0.15, 0.2) is 0 Å². The van der Waals surface area contributed by atoms with E-state index in [1.807, 2.05) is 0 Å². The summed E-state index contributed by atoms with van der Waals surface area (Å²) in [6, 6.07) is -1.44. The van der Waals surface area contributed by atoms with Gasteiger partial charge in [-0.15, -0.1) is 0 Å². The van der Waals surface area contributed by atoms with Crippen LogP contribution in [0.1, 0.15) is 19.8 Å². The maximum atomic E-state index is 11.9. The lowest BCUT2D eigenvalue weighted by Gasteiger charge is -2.36. The Morgan fingerprint density at radius 3 is 2.56 bits per heavy atom. The van der Waals surface area contributed by atoms with Gasteiger partial charge in [-0.2, -0.15) is 0 Å². The Bertz CT molecular complexity index is 315. The van der Waals surface area contributed by atoms with Gasteiger partial charge in [0.25, 0.3) is 0 Å². The third kappa shape index (κ3) is 4.15. The molecule has 1 rings (SSSR count). The van der Waals surface area contributed by atoms with Crippen molar-refractivity contribution in [1.82, 2.24) is 10.2 Å². The highest BCUT2D eigenvalue weighted by Gasteiger charge is 2.33. The predicted octanol–water partition coefficient (Wildman–Crippen LogP) is -0.957. The van der Waals surface area contributed by atoms with Gasteiger partial charge in [-0.05, 0) is 6.92 Å². The molecule has 0 spiro atoms. The first-order valence-electron chi connectivity index (χ1n) is 5.95. The van der Waals surface area contributed by atoms with Crippen LogP contribution in [0.2, 0.25) is 0 Å². The lowest BCUT2D eigenvalue weighted by atomic mass is 9.94. The number of aliphatic hydroxyl groups is 1. The fourth-order valence-electron chi connectivity index (χ4n) is 2.03. The summed E-state index contributed by atoms with van der Waals surface area (Å²) in [6.45, 7) is 2.76. The van der Waals surface area contributed by atoms with Gasteiger partial charge < -0.3 is 25.8 Å². The number of hydrogen-bond acceptors (Lipinski definition) is 4. The Hall–Kier alpha value is -1.34. The average Bonchev–Trinajstić information content (AvgIpc) is 2.27. The molecule has 1 unspecified atom stereocenters. The van der Waals surface area contributed by atoms with E-state index in [9.17, 15) is 14.7 Å². The summed E-state index contributed by atoms with van der Waals surface area (Å²) >= 11 is 0. The number of rotatable bonds is 4. The van der Waals surface area contributed by atoms with E-state index >= 15 is 0 Å². The number of nitrogens with two attached hydrogens (primary N) is 1. The number of carbonyl (C=O) groups excluding carboxylic acids is 2. The van der Waals surface area contributed by atoms with E-state index in [1.54, 1.807) is 14.0 Å². The van der Waals surface area contributed by atoms with Crippen molar-refractivity contribution in [3.8, 4) is 0 Å². The van der Waals surface area contributed by atoms with Gasteiger partial charge in [-0.3, -0.25) is 4.79 Å². The normalized spacial score (nSPS) is 19.9. The Labute approximate surface area is 106 Å². The third-order valence-corrected chi connectivity index (χ3v) is 3.06. The lowest BCUT2D eigenvalue weighted by Crippen LogP contribution is -2.52. The van der Waals surface area contributed by atoms with Crippen LogP contribution < -0.4 is 11.1 Å². The Kier molecular flexibility index (Phi) is 4.92. The molecule has 1 heterocycles. The maximum absolute atomic E-state index is 11.9. The minimum Gasteiger partial charge on any atom is -0.388 e. The molecule has 0 aliphatic carbocycles. The first kappa shape index (κ1) is 14.7. The van der Waals surface area contributed by atoms with Crippen LogP contribution >= 0.6 is 0 Å². The van der Waals surface area contributed by atoms with Crippen molar-refractivity contribution in [2.24, 2.45) is 5.73 Å². The van der Waals surface area contributed by atoms with E-state index in [0.29, 0.717) is 26.1 Å². The van der Waals surface area contributed by atoms with Crippen molar-refractivity contribution in [2.75, 3.05) is 26.8 Å². The Balaban J connectivity index is 2.50. The number of nitrogens with zero attached hydrogens (tertiary/aromatic N) is 1. The van der Waals surface area contributed by atoms with Gasteiger partial charge in [0, 0.05) is 39.6 Å². The van der Waals surface area contributed by atoms with Gasteiger partial charge in [0.05, 0.1) is 5.60 Å². The minimum absolute atomic E-state index is 0.222. The van der Waals surface area contributed by atoms with Crippen molar-refractivity contribution in [1.29, 1.82) is 0 Å². The molecule has 0 aromatic heterocycles. The van der Waals surface area contributed by atoms with Crippen LogP contribution in [0, 0.1) is 0 Å². The molecule has 1 fully saturated rings. The number of primary amides is 1. The molecule has 1 aliphatic rings. The highest BCUT2D eigenvalue weighted by molar-refractivity contribution is 5.86. The molecule has 4 N–H and O–H groups in total. The summed E-state index contributed by atoms with van der Waals surface area (Å²) < 4.78 is 5.17. The van der Waals surface area contributed by atoms with Gasteiger partial charge in [-0.25, -0.2) is 4.79 Å². The summed E-state index contributed by atoms with van der Waals surface area (Å²) in [5.74, 6) is -0.284. The second-order valence-electron chi connectivity index (χ2n) is 4.76. The van der Waals surface area contributed by atoms with Crippen LogP contribution in [0.5, 0.6) is 0 Å². The number of hydrogen-bond donors (Lipinski definition) is 3. The van der Waals surface area contributed by atoms with Crippen LogP contribution in [0.25, 0.3) is 0 Å². The minimum atomic E-state index is -0.908. The van der Waals surface area contributed by atoms with Gasteiger partial charge in [0.15, 0.2) is 0 Å². The van der Waals surface area contributed by atoms with Crippen molar-refractivity contribution in [2.45, 2.75) is 31.4 Å². The molecule has 1 aliphatic heterocycles. The molecule has 1 atom stereocenters. The number of carbonyl (C=O) groups is 2. The number of nitrogens with one attached hydrogen (secondary N) is 1. The molecule has 18 heavy (non-hydrogen) atoms. The molecule has 7 heteroatoms. The monoisotopic (exact) mass is 259 g/mol. The molecule has 0 saturated carbocycles. The summed E-state index contributed by atoms with van der Waals surface area (Å²) in [4.78, 5) is 24.0. The van der Waals surface area contributed by atoms with Gasteiger partial charge >= 0.3 is 6.03 Å². The summed E-state index contributed by atoms with van der Waals surface area (Å²) in [7, 11) is 1.59. The van der Waals surface area contributed by atoms with Crippen LogP contribution in [-0.2, 0) is 9.53 Å². The van der Waals surface area contributed by atoms with Crippen molar-refractivity contribution >= 4 is 11.9 Å². The zero-order valence-corrected chi connectivity index (χ0v) is 10.8. The standard InChI is InChI=1S/C11H21N3O4/c1-8(13-10(12)16)9(15)14(2)7-11(17)3-5-18-6-4-11/h8,17H,3-7H2,1-2H3,(H3,12,13,16). The quantitative estimate of drug-likeness (QED) is 0.605. The van der Waals surface area contributed by atoms with Crippen LogP contribution in [-0.4, -0.2) is 60.4 Å². The van der Waals surface area contributed by atoms with Crippen molar-refractivity contribution in [3.05, 3.63) is 0 Å². The van der Waals surface area contributed by atoms with E-state index in [4.69, 9.17) is 10.5 Å². The van der Waals surface area contributed by atoms with Crippen LogP contribution in [0.3, 0.4) is 0 Å². The number of urea groups is 1. The number of amides is 3. The molecule has 0 radical (unpaired) electrons. The summed E-state index contributed by atoms with van der Waals surface area (Å²) in [6.07, 6.45) is 1.00. The second-order valence-corrected chi connectivity index (χ2v) is 4.76. The predicted molar refractivity (Wildman–Crippen MR) is 64.8 cm³/mol. The van der Waals surface area contributed by atoms with E-state index in [2.05, 4.69) is 5.32 Å². The molecule has 7 nitrogen and oxygen atoms in total. The second kappa shape index (κ2) is 6.01.